The predicted octanol–water partition coefficient (Wildman–Crippen LogP) is 0.921. The molecule has 2 aromatic rings. The number of urea groups is 1. The molecule has 4 amide bonds. The van der Waals surface area contributed by atoms with Crippen molar-refractivity contribution in [3.05, 3.63) is 64.7 Å². The number of rotatable bonds is 5. The number of oxime groups is 1. The Morgan fingerprint density at radius 1 is 1.11 bits per heavy atom. The zero-order valence-electron chi connectivity index (χ0n) is 21.1. The summed E-state index contributed by atoms with van der Waals surface area (Å²) in [5.74, 6) is 6.33. The molecule has 1 atom stereocenters. The molecule has 5 rings (SSSR count). The van der Waals surface area contributed by atoms with E-state index in [-0.39, 0.29) is 12.5 Å². The maximum absolute atomic E-state index is 13.1. The number of amidine groups is 1. The Morgan fingerprint density at radius 3 is 2.53 bits per heavy atom. The number of amides is 4. The minimum absolute atomic E-state index is 0.104. The molecule has 2 fully saturated rings. The summed E-state index contributed by atoms with van der Waals surface area (Å²) < 4.78 is 10.7. The van der Waals surface area contributed by atoms with Crippen molar-refractivity contribution >= 4 is 23.7 Å². The zero-order valence-corrected chi connectivity index (χ0v) is 21.1. The Kier molecular flexibility index (Phi) is 6.89. The minimum Gasteiger partial charge on any atom is -0.497 e. The smallest absolute Gasteiger partial charge is 0.323 e. The van der Waals surface area contributed by atoms with Crippen LogP contribution in [0.25, 0.3) is 0 Å². The molecule has 0 bridgehead atoms. The number of carbonyl (C=O) groups is 3. The van der Waals surface area contributed by atoms with Crippen LogP contribution in [-0.4, -0.2) is 86.1 Å². The molecule has 0 aliphatic carbocycles. The molecule has 2 aromatic carbocycles. The first-order valence-corrected chi connectivity index (χ1v) is 12.1. The van der Waals surface area contributed by atoms with E-state index in [1.54, 1.807) is 24.3 Å². The van der Waals surface area contributed by atoms with Gasteiger partial charge in [-0.3, -0.25) is 14.9 Å². The van der Waals surface area contributed by atoms with Crippen LogP contribution in [0.3, 0.4) is 0 Å². The van der Waals surface area contributed by atoms with Gasteiger partial charge in [-0.15, -0.1) is 0 Å². The van der Waals surface area contributed by atoms with Crippen LogP contribution in [0.2, 0.25) is 0 Å². The number of hydrogen-bond donors (Lipinski definition) is 2. The third-order valence-corrected chi connectivity index (χ3v) is 6.62. The first-order chi connectivity index (χ1) is 18.4. The van der Waals surface area contributed by atoms with E-state index in [1.165, 1.54) is 19.1 Å². The number of benzene rings is 2. The Bertz CT molecular complexity index is 1360. The monoisotopic (exact) mass is 517 g/mol. The van der Waals surface area contributed by atoms with Gasteiger partial charge < -0.3 is 29.4 Å². The Hall–Kier alpha value is -4.56. The van der Waals surface area contributed by atoms with Gasteiger partial charge in [0, 0.05) is 36.3 Å². The van der Waals surface area contributed by atoms with Gasteiger partial charge in [-0.2, -0.15) is 0 Å². The largest absolute Gasteiger partial charge is 0.497 e. The van der Waals surface area contributed by atoms with Crippen molar-refractivity contribution in [1.29, 1.82) is 0 Å². The summed E-state index contributed by atoms with van der Waals surface area (Å²) in [6, 6.07) is 12.0. The topological polar surface area (TPSA) is 122 Å². The van der Waals surface area contributed by atoms with Crippen molar-refractivity contribution < 1.29 is 28.7 Å². The first kappa shape index (κ1) is 25.1. The quantitative estimate of drug-likeness (QED) is 0.199. The van der Waals surface area contributed by atoms with Crippen LogP contribution >= 0.6 is 0 Å². The molecule has 2 N–H and O–H groups in total. The van der Waals surface area contributed by atoms with Gasteiger partial charge in [-0.05, 0) is 42.0 Å². The van der Waals surface area contributed by atoms with Crippen LogP contribution in [0, 0.1) is 11.8 Å². The molecule has 196 valence electrons. The number of ether oxygens (including phenoxy) is 2. The van der Waals surface area contributed by atoms with E-state index >= 15 is 0 Å². The highest BCUT2D eigenvalue weighted by molar-refractivity contribution is 6.10. The lowest BCUT2D eigenvalue weighted by atomic mass is 9.99. The normalized spacial score (nSPS) is 20.9. The average molecular weight is 518 g/mol. The van der Waals surface area contributed by atoms with Crippen LogP contribution in [0.5, 0.6) is 5.75 Å². The molecule has 38 heavy (non-hydrogen) atoms. The lowest BCUT2D eigenvalue weighted by molar-refractivity contribution is -0.122. The van der Waals surface area contributed by atoms with Crippen molar-refractivity contribution in [1.82, 2.24) is 20.4 Å². The van der Waals surface area contributed by atoms with Crippen molar-refractivity contribution in [2.24, 2.45) is 5.16 Å². The molecule has 3 aliphatic heterocycles. The summed E-state index contributed by atoms with van der Waals surface area (Å²) in [4.78, 5) is 46.7. The number of carbonyl (C=O) groups excluding carboxylic acids is 3. The van der Waals surface area contributed by atoms with Crippen LogP contribution in [0.15, 0.2) is 47.6 Å². The summed E-state index contributed by atoms with van der Waals surface area (Å²) >= 11 is 0. The molecule has 2 saturated heterocycles. The number of methoxy groups -OCH3 is 1. The fraction of sp³-hybridized carbons (Fsp3) is 0.333. The molecule has 11 nitrogen and oxygen atoms in total. The van der Waals surface area contributed by atoms with E-state index < -0.39 is 17.5 Å². The highest BCUT2D eigenvalue weighted by Crippen LogP contribution is 2.28. The Morgan fingerprint density at radius 2 is 1.87 bits per heavy atom. The molecule has 0 radical (unpaired) electrons. The zero-order chi connectivity index (χ0) is 26.7. The molecular weight excluding hydrogens is 490 g/mol. The molecule has 0 aromatic heterocycles. The second-order valence-corrected chi connectivity index (χ2v) is 9.02. The molecular formula is C27H27N5O6. The lowest BCUT2D eigenvalue weighted by Gasteiger charge is -2.29. The van der Waals surface area contributed by atoms with Crippen LogP contribution in [0.1, 0.15) is 27.0 Å². The maximum Gasteiger partial charge on any atom is 0.323 e. The van der Waals surface area contributed by atoms with Crippen molar-refractivity contribution in [2.45, 2.75) is 12.1 Å². The summed E-state index contributed by atoms with van der Waals surface area (Å²) in [6.07, 6.45) is 0. The van der Waals surface area contributed by atoms with Gasteiger partial charge in [-0.25, -0.2) is 4.79 Å². The van der Waals surface area contributed by atoms with Crippen LogP contribution < -0.4 is 15.4 Å². The van der Waals surface area contributed by atoms with E-state index in [0.717, 1.165) is 11.1 Å². The summed E-state index contributed by atoms with van der Waals surface area (Å²) in [5.41, 5.74) is 1.20. The first-order valence-electron chi connectivity index (χ1n) is 12.1. The Balaban J connectivity index is 1.38. The molecule has 0 unspecified atom stereocenters. The fourth-order valence-electron chi connectivity index (χ4n) is 4.65. The third-order valence-electron chi connectivity index (χ3n) is 6.62. The fourth-order valence-corrected chi connectivity index (χ4v) is 4.65. The second-order valence-electron chi connectivity index (χ2n) is 9.02. The number of nitrogens with zero attached hydrogens (tertiary/aromatic N) is 3. The van der Waals surface area contributed by atoms with Crippen molar-refractivity contribution in [3.63, 3.8) is 0 Å². The van der Waals surface area contributed by atoms with E-state index in [0.29, 0.717) is 55.6 Å². The van der Waals surface area contributed by atoms with Gasteiger partial charge in [0.2, 0.25) is 5.54 Å². The molecule has 0 saturated carbocycles. The van der Waals surface area contributed by atoms with E-state index in [4.69, 9.17) is 14.3 Å². The molecule has 3 heterocycles. The summed E-state index contributed by atoms with van der Waals surface area (Å²) in [7, 11) is 3.03. The number of fused-ring (bicyclic) bond motifs is 1. The molecule has 0 spiro atoms. The van der Waals surface area contributed by atoms with E-state index in [2.05, 4.69) is 32.5 Å². The Labute approximate surface area is 219 Å². The lowest BCUT2D eigenvalue weighted by Crippen LogP contribution is -2.54. The molecule has 3 aliphatic rings. The van der Waals surface area contributed by atoms with Crippen LogP contribution in [-0.2, 0) is 20.9 Å². The number of morpholine rings is 1. The van der Waals surface area contributed by atoms with Gasteiger partial charge >= 0.3 is 6.03 Å². The summed E-state index contributed by atoms with van der Waals surface area (Å²) in [5, 5.41) is 9.06. The van der Waals surface area contributed by atoms with Crippen LogP contribution in [0.4, 0.5) is 4.79 Å². The highest BCUT2D eigenvalue weighted by Gasteiger charge is 2.48. The van der Waals surface area contributed by atoms with Gasteiger partial charge in [0.1, 0.15) is 12.9 Å². The average Bonchev–Trinajstić information content (AvgIpc) is 3.40. The maximum atomic E-state index is 13.1. The number of nitrogens with one attached hydrogen (secondary N) is 2. The SMILES string of the molecule is CO/N=C(\c1ccc(C#C[C@]2(CN3Cc4ccc(OC)cc4C3=O)NC(=O)NC2=O)cc1)N1CCOCC1. The van der Waals surface area contributed by atoms with Gasteiger partial charge in [-0.1, -0.05) is 23.1 Å². The minimum atomic E-state index is -1.59. The number of imide groups is 1. The van der Waals surface area contributed by atoms with E-state index in [9.17, 15) is 14.4 Å². The number of hydrogen-bond acceptors (Lipinski definition) is 7. The van der Waals surface area contributed by atoms with Gasteiger partial charge in [0.05, 0.1) is 26.9 Å². The van der Waals surface area contributed by atoms with Gasteiger partial charge in [0.15, 0.2) is 5.84 Å². The van der Waals surface area contributed by atoms with Crippen molar-refractivity contribution in [2.75, 3.05) is 47.1 Å². The van der Waals surface area contributed by atoms with E-state index in [1.807, 2.05) is 18.2 Å². The third kappa shape index (κ3) is 4.86. The predicted molar refractivity (Wildman–Crippen MR) is 136 cm³/mol. The van der Waals surface area contributed by atoms with Gasteiger partial charge in [0.25, 0.3) is 11.8 Å². The molecule has 11 heteroatoms. The summed E-state index contributed by atoms with van der Waals surface area (Å²) in [6.45, 7) is 2.82. The standard InChI is InChI=1S/C27H27N5O6/c1-36-21-8-7-20-16-32(24(33)22(20)15-21)17-27(25(34)28-26(35)29-27)10-9-18-3-5-19(6-4-18)23(30-37-2)31-11-13-38-14-12-31/h3-8,15H,11-14,16-17H2,1-2H3,(H2,28,29,34,35)/b30-23+/t27-/m1/s1. The van der Waals surface area contributed by atoms with Crippen molar-refractivity contribution in [3.8, 4) is 17.6 Å². The second kappa shape index (κ2) is 10.4. The highest BCUT2D eigenvalue weighted by atomic mass is 16.6.